The highest BCUT2D eigenvalue weighted by atomic mass is 32.2. The highest BCUT2D eigenvalue weighted by Gasteiger charge is 2.14. The van der Waals surface area contributed by atoms with Gasteiger partial charge in [-0.2, -0.15) is 16.9 Å². The van der Waals surface area contributed by atoms with Crippen LogP contribution < -0.4 is 5.32 Å². The van der Waals surface area contributed by atoms with Crippen molar-refractivity contribution in [3.8, 4) is 0 Å². The molecule has 0 fully saturated rings. The van der Waals surface area contributed by atoms with Crippen molar-refractivity contribution in [1.82, 2.24) is 9.78 Å². The molecule has 0 spiro atoms. The van der Waals surface area contributed by atoms with Crippen LogP contribution >= 0.6 is 11.8 Å². The Morgan fingerprint density at radius 2 is 2.10 bits per heavy atom. The molecular weight excluding hydrogens is 270 g/mol. The topological polar surface area (TPSA) is 46.9 Å². The standard InChI is InChI=1S/C15H19N3OS/c1-11-9-14(16-15(19)12(2)20-3)18(17-11)10-13-7-5-4-6-8-13/h4-9,12H,10H2,1-3H3,(H,16,19). The van der Waals surface area contributed by atoms with Crippen molar-refractivity contribution in [2.24, 2.45) is 0 Å². The van der Waals surface area contributed by atoms with Crippen LogP contribution in [0, 0.1) is 6.92 Å². The Kier molecular flexibility index (Phi) is 4.84. The molecule has 1 unspecified atom stereocenters. The summed E-state index contributed by atoms with van der Waals surface area (Å²) in [6, 6.07) is 12.0. The number of anilines is 1. The molecule has 0 radical (unpaired) electrons. The van der Waals surface area contributed by atoms with Gasteiger partial charge < -0.3 is 5.32 Å². The van der Waals surface area contributed by atoms with E-state index in [4.69, 9.17) is 0 Å². The van der Waals surface area contributed by atoms with Crippen LogP contribution in [0.4, 0.5) is 5.82 Å². The second kappa shape index (κ2) is 6.61. The van der Waals surface area contributed by atoms with Crippen LogP contribution in [0.5, 0.6) is 0 Å². The summed E-state index contributed by atoms with van der Waals surface area (Å²) in [5.41, 5.74) is 2.05. The summed E-state index contributed by atoms with van der Waals surface area (Å²) in [5, 5.41) is 7.31. The molecule has 0 saturated heterocycles. The SMILES string of the molecule is CSC(C)C(=O)Nc1cc(C)nn1Cc1ccccc1. The number of carbonyl (C=O) groups excluding carboxylic acids is 1. The zero-order valence-corrected chi connectivity index (χ0v) is 12.8. The maximum absolute atomic E-state index is 12.0. The van der Waals surface area contributed by atoms with Crippen LogP contribution in [0.15, 0.2) is 36.4 Å². The Labute approximate surface area is 123 Å². The number of rotatable bonds is 5. The van der Waals surface area contributed by atoms with Crippen LogP contribution in [-0.2, 0) is 11.3 Å². The van der Waals surface area contributed by atoms with Crippen molar-refractivity contribution in [1.29, 1.82) is 0 Å². The minimum absolute atomic E-state index is 0.00621. The first kappa shape index (κ1) is 14.7. The molecule has 0 bridgehead atoms. The molecule has 1 aromatic carbocycles. The fourth-order valence-corrected chi connectivity index (χ4v) is 2.13. The Hall–Kier alpha value is -1.75. The second-order valence-corrected chi connectivity index (χ2v) is 5.86. The molecule has 1 atom stereocenters. The Morgan fingerprint density at radius 1 is 1.40 bits per heavy atom. The molecule has 2 aromatic rings. The summed E-state index contributed by atoms with van der Waals surface area (Å²) < 4.78 is 1.83. The minimum Gasteiger partial charge on any atom is -0.310 e. The average Bonchev–Trinajstić information content (AvgIpc) is 2.78. The van der Waals surface area contributed by atoms with E-state index in [1.54, 1.807) is 0 Å². The summed E-state index contributed by atoms with van der Waals surface area (Å²) >= 11 is 1.53. The molecule has 0 aliphatic carbocycles. The maximum Gasteiger partial charge on any atom is 0.238 e. The quantitative estimate of drug-likeness (QED) is 0.920. The molecule has 0 aliphatic rings. The first-order chi connectivity index (χ1) is 9.60. The number of thioether (sulfide) groups is 1. The van der Waals surface area contributed by atoms with E-state index in [0.29, 0.717) is 6.54 Å². The zero-order valence-electron chi connectivity index (χ0n) is 12.0. The number of nitrogens with one attached hydrogen (secondary N) is 1. The van der Waals surface area contributed by atoms with Gasteiger partial charge >= 0.3 is 0 Å². The van der Waals surface area contributed by atoms with Gasteiger partial charge in [0.15, 0.2) is 0 Å². The third-order valence-corrected chi connectivity index (χ3v) is 3.97. The molecule has 4 nitrogen and oxygen atoms in total. The molecule has 0 saturated carbocycles. The highest BCUT2D eigenvalue weighted by molar-refractivity contribution is 7.99. The first-order valence-corrected chi connectivity index (χ1v) is 7.81. The fraction of sp³-hybridized carbons (Fsp3) is 0.333. The lowest BCUT2D eigenvalue weighted by atomic mass is 10.2. The summed E-state index contributed by atoms with van der Waals surface area (Å²) in [6.45, 7) is 4.47. The van der Waals surface area contributed by atoms with E-state index in [2.05, 4.69) is 10.4 Å². The molecule has 1 amide bonds. The van der Waals surface area contributed by atoms with E-state index in [1.165, 1.54) is 11.8 Å². The largest absolute Gasteiger partial charge is 0.310 e. The van der Waals surface area contributed by atoms with Gasteiger partial charge in [-0.3, -0.25) is 4.79 Å². The van der Waals surface area contributed by atoms with Crippen LogP contribution in [0.25, 0.3) is 0 Å². The summed E-state index contributed by atoms with van der Waals surface area (Å²) in [5.74, 6) is 0.754. The lowest BCUT2D eigenvalue weighted by Crippen LogP contribution is -2.24. The van der Waals surface area contributed by atoms with Gasteiger partial charge in [0.1, 0.15) is 5.82 Å². The van der Waals surface area contributed by atoms with E-state index in [1.807, 2.05) is 61.2 Å². The predicted molar refractivity (Wildman–Crippen MR) is 84.1 cm³/mol. The fourth-order valence-electron chi connectivity index (χ4n) is 1.86. The average molecular weight is 289 g/mol. The Balaban J connectivity index is 2.16. The summed E-state index contributed by atoms with van der Waals surface area (Å²) in [6.07, 6.45) is 1.93. The third kappa shape index (κ3) is 3.63. The van der Waals surface area contributed by atoms with Gasteiger partial charge in [0.2, 0.25) is 5.91 Å². The van der Waals surface area contributed by atoms with Gasteiger partial charge in [0, 0.05) is 6.07 Å². The van der Waals surface area contributed by atoms with Crippen LogP contribution in [0.2, 0.25) is 0 Å². The van der Waals surface area contributed by atoms with Gasteiger partial charge in [0.25, 0.3) is 0 Å². The Bertz CT molecular complexity index is 580. The Morgan fingerprint density at radius 3 is 2.75 bits per heavy atom. The number of carbonyl (C=O) groups is 1. The monoisotopic (exact) mass is 289 g/mol. The normalized spacial score (nSPS) is 12.2. The number of hydrogen-bond donors (Lipinski definition) is 1. The number of aromatic nitrogens is 2. The van der Waals surface area contributed by atoms with Crippen molar-refractivity contribution in [3.05, 3.63) is 47.7 Å². The van der Waals surface area contributed by atoms with Gasteiger partial charge in [-0.05, 0) is 25.7 Å². The van der Waals surface area contributed by atoms with Gasteiger partial charge in [0.05, 0.1) is 17.5 Å². The molecule has 5 heteroatoms. The maximum atomic E-state index is 12.0. The number of aryl methyl sites for hydroxylation is 1. The van der Waals surface area contributed by atoms with Crippen molar-refractivity contribution < 1.29 is 4.79 Å². The molecule has 2 rings (SSSR count). The van der Waals surface area contributed by atoms with E-state index >= 15 is 0 Å². The second-order valence-electron chi connectivity index (χ2n) is 4.68. The molecule has 1 heterocycles. The smallest absolute Gasteiger partial charge is 0.238 e. The van der Waals surface area contributed by atoms with Crippen molar-refractivity contribution in [3.63, 3.8) is 0 Å². The van der Waals surface area contributed by atoms with E-state index in [9.17, 15) is 4.79 Å². The third-order valence-electron chi connectivity index (χ3n) is 3.05. The number of benzene rings is 1. The summed E-state index contributed by atoms with van der Waals surface area (Å²) in [7, 11) is 0. The van der Waals surface area contributed by atoms with Gasteiger partial charge in [-0.25, -0.2) is 4.68 Å². The molecule has 1 aromatic heterocycles. The summed E-state index contributed by atoms with van der Waals surface area (Å²) in [4.78, 5) is 12.0. The van der Waals surface area contributed by atoms with Crippen LogP contribution in [0.1, 0.15) is 18.2 Å². The molecule has 20 heavy (non-hydrogen) atoms. The predicted octanol–water partition coefficient (Wildman–Crippen LogP) is 2.93. The molecular formula is C15H19N3OS. The first-order valence-electron chi connectivity index (χ1n) is 6.52. The van der Waals surface area contributed by atoms with Gasteiger partial charge in [-0.15, -0.1) is 0 Å². The van der Waals surface area contributed by atoms with E-state index < -0.39 is 0 Å². The van der Waals surface area contributed by atoms with E-state index in [-0.39, 0.29) is 11.2 Å². The lowest BCUT2D eigenvalue weighted by Gasteiger charge is -2.11. The number of nitrogens with zero attached hydrogens (tertiary/aromatic N) is 2. The van der Waals surface area contributed by atoms with E-state index in [0.717, 1.165) is 17.1 Å². The minimum atomic E-state index is -0.0737. The van der Waals surface area contributed by atoms with Crippen LogP contribution in [0.3, 0.4) is 0 Å². The molecule has 1 N–H and O–H groups in total. The van der Waals surface area contributed by atoms with Crippen molar-refractivity contribution in [2.45, 2.75) is 25.6 Å². The van der Waals surface area contributed by atoms with Crippen molar-refractivity contribution in [2.75, 3.05) is 11.6 Å². The molecule has 0 aliphatic heterocycles. The van der Waals surface area contributed by atoms with Crippen molar-refractivity contribution >= 4 is 23.5 Å². The van der Waals surface area contributed by atoms with Gasteiger partial charge in [-0.1, -0.05) is 30.3 Å². The van der Waals surface area contributed by atoms with Crippen LogP contribution in [-0.4, -0.2) is 27.2 Å². The number of hydrogen-bond acceptors (Lipinski definition) is 3. The number of amides is 1. The lowest BCUT2D eigenvalue weighted by molar-refractivity contribution is -0.115. The molecule has 106 valence electrons. The highest BCUT2D eigenvalue weighted by Crippen LogP contribution is 2.15. The zero-order chi connectivity index (χ0) is 14.5.